The Morgan fingerprint density at radius 1 is 1.22 bits per heavy atom. The molecule has 0 radical (unpaired) electrons. The maximum absolute atomic E-state index is 13.6. The maximum Gasteiger partial charge on any atom is 0.311 e. The van der Waals surface area contributed by atoms with Gasteiger partial charge in [-0.15, -0.1) is 0 Å². The summed E-state index contributed by atoms with van der Waals surface area (Å²) in [6, 6.07) is 4.34. The average molecular weight is 384 g/mol. The normalized spacial score (nSPS) is 21.7. The summed E-state index contributed by atoms with van der Waals surface area (Å²) in [5, 5.41) is 0. The standard InChI is InChI=1S/C17H19BrFNO3/c18-14-7-6-11(9-15(14)19)16(21)20-8-2-3-12(10-20)17(22)23-13-4-1-5-13/h6-7,9,12-13H,1-5,8,10H2. The maximum atomic E-state index is 13.6. The number of piperidine rings is 1. The highest BCUT2D eigenvalue weighted by Gasteiger charge is 2.32. The summed E-state index contributed by atoms with van der Waals surface area (Å²) in [5.74, 6) is -1.17. The molecule has 1 aliphatic carbocycles. The number of nitrogens with zero attached hydrogens (tertiary/aromatic N) is 1. The molecule has 1 aromatic carbocycles. The van der Waals surface area contributed by atoms with Crippen molar-refractivity contribution in [1.29, 1.82) is 0 Å². The van der Waals surface area contributed by atoms with E-state index in [4.69, 9.17) is 4.74 Å². The molecule has 124 valence electrons. The molecular weight excluding hydrogens is 365 g/mol. The zero-order chi connectivity index (χ0) is 16.4. The molecule has 0 spiro atoms. The van der Waals surface area contributed by atoms with Crippen LogP contribution in [-0.2, 0) is 9.53 Å². The molecule has 1 aromatic rings. The Balaban J connectivity index is 1.63. The average Bonchev–Trinajstić information content (AvgIpc) is 2.52. The molecule has 3 rings (SSSR count). The van der Waals surface area contributed by atoms with Crippen LogP contribution in [0, 0.1) is 11.7 Å². The lowest BCUT2D eigenvalue weighted by molar-refractivity contribution is -0.159. The van der Waals surface area contributed by atoms with Gasteiger partial charge < -0.3 is 9.64 Å². The highest BCUT2D eigenvalue weighted by atomic mass is 79.9. The lowest BCUT2D eigenvalue weighted by Gasteiger charge is -2.33. The van der Waals surface area contributed by atoms with Gasteiger partial charge in [0.15, 0.2) is 0 Å². The van der Waals surface area contributed by atoms with E-state index in [1.54, 1.807) is 11.0 Å². The number of rotatable bonds is 3. The molecule has 6 heteroatoms. The first-order chi connectivity index (χ1) is 11.0. The Hall–Kier alpha value is -1.43. The van der Waals surface area contributed by atoms with Gasteiger partial charge in [0.25, 0.3) is 5.91 Å². The molecule has 0 bridgehead atoms. The van der Waals surface area contributed by atoms with Crippen molar-refractivity contribution in [1.82, 2.24) is 4.90 Å². The van der Waals surface area contributed by atoms with Crippen LogP contribution in [0.2, 0.25) is 0 Å². The molecular formula is C17H19BrFNO3. The zero-order valence-electron chi connectivity index (χ0n) is 12.8. The number of hydrogen-bond acceptors (Lipinski definition) is 3. The molecule has 1 saturated heterocycles. The number of carbonyl (C=O) groups excluding carboxylic acids is 2. The van der Waals surface area contributed by atoms with Crippen molar-refractivity contribution in [2.75, 3.05) is 13.1 Å². The molecule has 0 N–H and O–H groups in total. The van der Waals surface area contributed by atoms with Gasteiger partial charge in [-0.2, -0.15) is 0 Å². The quantitative estimate of drug-likeness (QED) is 0.749. The van der Waals surface area contributed by atoms with Crippen molar-refractivity contribution >= 4 is 27.8 Å². The fourth-order valence-corrected chi connectivity index (χ4v) is 3.16. The van der Waals surface area contributed by atoms with Gasteiger partial charge in [0.05, 0.1) is 10.4 Å². The van der Waals surface area contributed by atoms with E-state index < -0.39 is 5.82 Å². The SMILES string of the molecule is O=C(OC1CCC1)C1CCCN(C(=O)c2ccc(Br)c(F)c2)C1. The van der Waals surface area contributed by atoms with Gasteiger partial charge in [0, 0.05) is 18.7 Å². The first-order valence-electron chi connectivity index (χ1n) is 7.99. The molecule has 1 atom stereocenters. The van der Waals surface area contributed by atoms with Gasteiger partial charge in [0.2, 0.25) is 0 Å². The fourth-order valence-electron chi connectivity index (χ4n) is 2.91. The summed E-state index contributed by atoms with van der Waals surface area (Å²) in [6.45, 7) is 0.936. The second kappa shape index (κ2) is 6.99. The highest BCUT2D eigenvalue weighted by Crippen LogP contribution is 2.26. The minimum absolute atomic E-state index is 0.0640. The number of halogens is 2. The summed E-state index contributed by atoms with van der Waals surface area (Å²) in [5.41, 5.74) is 0.304. The number of ether oxygens (including phenoxy) is 1. The largest absolute Gasteiger partial charge is 0.462 e. The van der Waals surface area contributed by atoms with Crippen molar-refractivity contribution in [3.05, 3.63) is 34.1 Å². The van der Waals surface area contributed by atoms with Crippen molar-refractivity contribution in [3.8, 4) is 0 Å². The van der Waals surface area contributed by atoms with Crippen LogP contribution < -0.4 is 0 Å². The summed E-state index contributed by atoms with van der Waals surface area (Å²) < 4.78 is 19.4. The number of esters is 1. The third-order valence-electron chi connectivity index (χ3n) is 4.54. The monoisotopic (exact) mass is 383 g/mol. The number of hydrogen-bond donors (Lipinski definition) is 0. The molecule has 23 heavy (non-hydrogen) atoms. The molecule has 0 aromatic heterocycles. The van der Waals surface area contributed by atoms with E-state index in [1.165, 1.54) is 12.1 Å². The molecule has 2 fully saturated rings. The lowest BCUT2D eigenvalue weighted by Crippen LogP contribution is -2.43. The van der Waals surface area contributed by atoms with Gasteiger partial charge in [-0.1, -0.05) is 0 Å². The zero-order valence-corrected chi connectivity index (χ0v) is 14.4. The number of carbonyl (C=O) groups is 2. The second-order valence-electron chi connectivity index (χ2n) is 6.21. The molecule has 1 aliphatic heterocycles. The molecule has 1 unspecified atom stereocenters. The van der Waals surface area contributed by atoms with E-state index in [2.05, 4.69) is 15.9 Å². The minimum Gasteiger partial charge on any atom is -0.462 e. The van der Waals surface area contributed by atoms with Crippen LogP contribution in [0.4, 0.5) is 4.39 Å². The van der Waals surface area contributed by atoms with Crippen LogP contribution in [-0.4, -0.2) is 36.0 Å². The summed E-state index contributed by atoms with van der Waals surface area (Å²) in [7, 11) is 0. The van der Waals surface area contributed by atoms with Crippen molar-refractivity contribution in [3.63, 3.8) is 0 Å². The van der Waals surface area contributed by atoms with E-state index in [9.17, 15) is 14.0 Å². The Morgan fingerprint density at radius 2 is 2.00 bits per heavy atom. The van der Waals surface area contributed by atoms with Crippen LogP contribution in [0.3, 0.4) is 0 Å². The van der Waals surface area contributed by atoms with Crippen LogP contribution >= 0.6 is 15.9 Å². The van der Waals surface area contributed by atoms with E-state index in [0.717, 1.165) is 32.1 Å². The smallest absolute Gasteiger partial charge is 0.311 e. The van der Waals surface area contributed by atoms with E-state index >= 15 is 0 Å². The highest BCUT2D eigenvalue weighted by molar-refractivity contribution is 9.10. The minimum atomic E-state index is -0.464. The molecule has 1 saturated carbocycles. The number of amides is 1. The predicted octanol–water partition coefficient (Wildman–Crippen LogP) is 3.54. The summed E-state index contributed by atoms with van der Waals surface area (Å²) in [6.07, 6.45) is 4.56. The number of benzene rings is 1. The first kappa shape index (κ1) is 16.4. The van der Waals surface area contributed by atoms with Crippen molar-refractivity contribution in [2.45, 2.75) is 38.2 Å². The van der Waals surface area contributed by atoms with Crippen LogP contribution in [0.5, 0.6) is 0 Å². The molecule has 2 aliphatic rings. The van der Waals surface area contributed by atoms with E-state index in [1.807, 2.05) is 0 Å². The second-order valence-corrected chi connectivity index (χ2v) is 7.06. The van der Waals surface area contributed by atoms with Gasteiger partial charge in [-0.05, 0) is 66.2 Å². The van der Waals surface area contributed by atoms with E-state index in [-0.39, 0.29) is 23.9 Å². The lowest BCUT2D eigenvalue weighted by atomic mass is 9.94. The van der Waals surface area contributed by atoms with Crippen molar-refractivity contribution < 1.29 is 18.7 Å². The van der Waals surface area contributed by atoms with Crippen molar-refractivity contribution in [2.24, 2.45) is 5.92 Å². The fraction of sp³-hybridized carbons (Fsp3) is 0.529. The first-order valence-corrected chi connectivity index (χ1v) is 8.78. The van der Waals surface area contributed by atoms with Gasteiger partial charge in [0.1, 0.15) is 11.9 Å². The third-order valence-corrected chi connectivity index (χ3v) is 5.19. The Morgan fingerprint density at radius 3 is 2.65 bits per heavy atom. The Kier molecular flexibility index (Phi) is 4.99. The van der Waals surface area contributed by atoms with Crippen LogP contribution in [0.15, 0.2) is 22.7 Å². The van der Waals surface area contributed by atoms with Crippen LogP contribution in [0.1, 0.15) is 42.5 Å². The van der Waals surface area contributed by atoms with E-state index in [0.29, 0.717) is 23.1 Å². The van der Waals surface area contributed by atoms with Gasteiger partial charge in [-0.3, -0.25) is 9.59 Å². The molecule has 1 amide bonds. The number of likely N-dealkylation sites (tertiary alicyclic amines) is 1. The van der Waals surface area contributed by atoms with Gasteiger partial charge >= 0.3 is 5.97 Å². The Labute approximate surface area is 143 Å². The van der Waals surface area contributed by atoms with Gasteiger partial charge in [-0.25, -0.2) is 4.39 Å². The molecule has 4 nitrogen and oxygen atoms in total. The Bertz CT molecular complexity index is 618. The summed E-state index contributed by atoms with van der Waals surface area (Å²) in [4.78, 5) is 26.3. The topological polar surface area (TPSA) is 46.6 Å². The third kappa shape index (κ3) is 3.74. The summed E-state index contributed by atoms with van der Waals surface area (Å²) >= 11 is 3.08. The molecule has 1 heterocycles. The van der Waals surface area contributed by atoms with Crippen LogP contribution in [0.25, 0.3) is 0 Å². The predicted molar refractivity (Wildman–Crippen MR) is 86.5 cm³/mol.